The zero-order valence-corrected chi connectivity index (χ0v) is 11.1. The van der Waals surface area contributed by atoms with Gasteiger partial charge >= 0.3 is 12.0 Å². The highest BCUT2D eigenvalue weighted by Gasteiger charge is 2.23. The van der Waals surface area contributed by atoms with Crippen molar-refractivity contribution in [3.8, 4) is 0 Å². The summed E-state index contributed by atoms with van der Waals surface area (Å²) in [6, 6.07) is 3.14. The summed E-state index contributed by atoms with van der Waals surface area (Å²) in [5.41, 5.74) is -0.566. The molecular formula is C14H17FN2O3. The molecule has 0 heterocycles. The fraction of sp³-hybridized carbons (Fsp3) is 0.429. The number of benzene rings is 1. The lowest BCUT2D eigenvalue weighted by Crippen LogP contribution is -2.37. The van der Waals surface area contributed by atoms with Crippen LogP contribution in [0.5, 0.6) is 0 Å². The number of anilines is 1. The maximum absolute atomic E-state index is 13.6. The minimum atomic E-state index is -1.28. The second-order valence-corrected chi connectivity index (χ2v) is 5.18. The van der Waals surface area contributed by atoms with Crippen LogP contribution in [0.2, 0.25) is 0 Å². The number of para-hydroxylation sites is 1. The van der Waals surface area contributed by atoms with Crippen molar-refractivity contribution in [2.75, 3.05) is 5.32 Å². The molecule has 6 heteroatoms. The van der Waals surface area contributed by atoms with Crippen molar-refractivity contribution >= 4 is 17.7 Å². The molecule has 0 aromatic heterocycles. The number of aromatic carboxylic acids is 1. The quantitative estimate of drug-likeness (QED) is 0.796. The topological polar surface area (TPSA) is 78.4 Å². The number of nitrogens with one attached hydrogen (secondary N) is 2. The Morgan fingerprint density at radius 1 is 1.35 bits per heavy atom. The molecule has 1 aliphatic carbocycles. The minimum absolute atomic E-state index is 0.0602. The number of amides is 2. The Kier molecular flexibility index (Phi) is 4.22. The van der Waals surface area contributed by atoms with Gasteiger partial charge in [0.1, 0.15) is 5.82 Å². The Hall–Kier alpha value is -2.11. The Morgan fingerprint density at radius 3 is 2.70 bits per heavy atom. The van der Waals surface area contributed by atoms with Gasteiger partial charge in [-0.25, -0.2) is 14.0 Å². The summed E-state index contributed by atoms with van der Waals surface area (Å²) >= 11 is 0. The van der Waals surface area contributed by atoms with Crippen LogP contribution in [0, 0.1) is 11.7 Å². The number of carbonyl (C=O) groups excluding carboxylic acids is 1. The molecule has 2 unspecified atom stereocenters. The molecule has 2 atom stereocenters. The van der Waals surface area contributed by atoms with E-state index in [1.807, 2.05) is 0 Å². The van der Waals surface area contributed by atoms with E-state index in [4.69, 9.17) is 5.11 Å². The fourth-order valence-electron chi connectivity index (χ4n) is 2.50. The van der Waals surface area contributed by atoms with E-state index in [0.29, 0.717) is 5.92 Å². The summed E-state index contributed by atoms with van der Waals surface area (Å²) in [4.78, 5) is 22.8. The predicted octanol–water partition coefficient (Wildman–Crippen LogP) is 2.83. The highest BCUT2D eigenvalue weighted by Crippen LogP contribution is 2.25. The van der Waals surface area contributed by atoms with E-state index in [0.717, 1.165) is 25.3 Å². The maximum Gasteiger partial charge on any atom is 0.337 e. The Labute approximate surface area is 116 Å². The van der Waals surface area contributed by atoms with Crippen molar-refractivity contribution in [2.24, 2.45) is 5.92 Å². The lowest BCUT2D eigenvalue weighted by atomic mass is 10.1. The molecule has 1 aliphatic rings. The van der Waals surface area contributed by atoms with Gasteiger partial charge in [0.2, 0.25) is 0 Å². The van der Waals surface area contributed by atoms with Crippen molar-refractivity contribution in [1.29, 1.82) is 0 Å². The van der Waals surface area contributed by atoms with Crippen molar-refractivity contribution in [2.45, 2.75) is 32.2 Å². The number of hydrogen-bond acceptors (Lipinski definition) is 2. The van der Waals surface area contributed by atoms with Crippen LogP contribution >= 0.6 is 0 Å². The summed E-state index contributed by atoms with van der Waals surface area (Å²) in [5.74, 6) is -1.49. The molecule has 1 aromatic rings. The molecule has 0 bridgehead atoms. The summed E-state index contributed by atoms with van der Waals surface area (Å²) in [7, 11) is 0. The number of carbonyl (C=O) groups is 2. The van der Waals surface area contributed by atoms with Gasteiger partial charge in [-0.15, -0.1) is 0 Å². The van der Waals surface area contributed by atoms with Crippen molar-refractivity contribution in [3.05, 3.63) is 29.6 Å². The van der Waals surface area contributed by atoms with Gasteiger partial charge in [-0.05, 0) is 37.3 Å². The van der Waals surface area contributed by atoms with Gasteiger partial charge in [-0.3, -0.25) is 0 Å². The Balaban J connectivity index is 2.06. The highest BCUT2D eigenvalue weighted by molar-refractivity contribution is 6.00. The fourth-order valence-corrected chi connectivity index (χ4v) is 2.50. The molecule has 3 N–H and O–H groups in total. The first kappa shape index (κ1) is 14.3. The molecule has 20 heavy (non-hydrogen) atoms. The molecule has 1 aromatic carbocycles. The van der Waals surface area contributed by atoms with Crippen molar-refractivity contribution in [1.82, 2.24) is 5.32 Å². The largest absolute Gasteiger partial charge is 0.478 e. The number of halogens is 1. The van der Waals surface area contributed by atoms with Gasteiger partial charge in [0.05, 0.1) is 11.3 Å². The van der Waals surface area contributed by atoms with E-state index in [9.17, 15) is 14.0 Å². The standard InChI is InChI=1S/C14H17FN2O3/c1-8-5-6-9(7-8)16-14(20)17-12-10(13(18)19)3-2-4-11(12)15/h2-4,8-9H,5-7H2,1H3,(H,18,19)(H2,16,17,20). The number of carboxylic acid groups (broad SMARTS) is 1. The first-order valence-corrected chi connectivity index (χ1v) is 6.56. The third-order valence-electron chi connectivity index (χ3n) is 3.51. The van der Waals surface area contributed by atoms with Crippen molar-refractivity contribution in [3.63, 3.8) is 0 Å². The Bertz CT molecular complexity index is 533. The third kappa shape index (κ3) is 3.26. The average Bonchev–Trinajstić information content (AvgIpc) is 2.77. The van der Waals surface area contributed by atoms with Crippen LogP contribution in [0.4, 0.5) is 14.9 Å². The molecule has 1 fully saturated rings. The molecule has 0 aliphatic heterocycles. The van der Waals surface area contributed by atoms with E-state index in [2.05, 4.69) is 17.6 Å². The highest BCUT2D eigenvalue weighted by atomic mass is 19.1. The van der Waals surface area contributed by atoms with E-state index < -0.39 is 17.8 Å². The first-order valence-electron chi connectivity index (χ1n) is 6.56. The zero-order valence-electron chi connectivity index (χ0n) is 11.1. The number of urea groups is 1. The normalized spacial score (nSPS) is 21.5. The summed E-state index contributed by atoms with van der Waals surface area (Å²) < 4.78 is 13.6. The molecule has 2 amide bonds. The molecule has 0 saturated heterocycles. The lowest BCUT2D eigenvalue weighted by molar-refractivity contribution is 0.0697. The van der Waals surface area contributed by atoms with Crippen LogP contribution in [0.3, 0.4) is 0 Å². The number of rotatable bonds is 3. The maximum atomic E-state index is 13.6. The minimum Gasteiger partial charge on any atom is -0.478 e. The zero-order chi connectivity index (χ0) is 14.7. The predicted molar refractivity (Wildman–Crippen MR) is 72.3 cm³/mol. The van der Waals surface area contributed by atoms with Gasteiger partial charge in [-0.1, -0.05) is 13.0 Å². The van der Waals surface area contributed by atoms with Crippen molar-refractivity contribution < 1.29 is 19.1 Å². The van der Waals surface area contributed by atoms with E-state index >= 15 is 0 Å². The van der Waals surface area contributed by atoms with Gasteiger partial charge in [0, 0.05) is 6.04 Å². The molecule has 0 spiro atoms. The number of carboxylic acids is 1. The monoisotopic (exact) mass is 280 g/mol. The van der Waals surface area contributed by atoms with Crippen LogP contribution in [-0.2, 0) is 0 Å². The average molecular weight is 280 g/mol. The van der Waals surface area contributed by atoms with Crippen LogP contribution in [0.25, 0.3) is 0 Å². The van der Waals surface area contributed by atoms with Gasteiger partial charge in [0.25, 0.3) is 0 Å². The molecule has 108 valence electrons. The smallest absolute Gasteiger partial charge is 0.337 e. The Morgan fingerprint density at radius 2 is 2.10 bits per heavy atom. The van der Waals surface area contributed by atoms with Gasteiger partial charge < -0.3 is 15.7 Å². The molecule has 5 nitrogen and oxygen atoms in total. The second kappa shape index (κ2) is 5.90. The first-order chi connectivity index (χ1) is 9.47. The SMILES string of the molecule is CC1CCC(NC(=O)Nc2c(F)cccc2C(=O)O)C1. The summed E-state index contributed by atoms with van der Waals surface area (Å²) in [6.45, 7) is 2.11. The molecule has 0 radical (unpaired) electrons. The summed E-state index contributed by atoms with van der Waals surface area (Å²) in [6.07, 6.45) is 2.82. The van der Waals surface area contributed by atoms with Gasteiger partial charge in [-0.2, -0.15) is 0 Å². The van der Waals surface area contributed by atoms with Crippen LogP contribution in [-0.4, -0.2) is 23.1 Å². The van der Waals surface area contributed by atoms with Gasteiger partial charge in [0.15, 0.2) is 0 Å². The van der Waals surface area contributed by atoms with Crippen LogP contribution < -0.4 is 10.6 Å². The third-order valence-corrected chi connectivity index (χ3v) is 3.51. The second-order valence-electron chi connectivity index (χ2n) is 5.18. The molecule has 1 saturated carbocycles. The van der Waals surface area contributed by atoms with E-state index in [-0.39, 0.29) is 17.3 Å². The van der Waals surface area contributed by atoms with Crippen LogP contribution in [0.1, 0.15) is 36.5 Å². The lowest BCUT2D eigenvalue weighted by Gasteiger charge is -2.15. The molecular weight excluding hydrogens is 263 g/mol. The summed E-state index contributed by atoms with van der Waals surface area (Å²) in [5, 5.41) is 14.0. The van der Waals surface area contributed by atoms with Crippen LogP contribution in [0.15, 0.2) is 18.2 Å². The number of hydrogen-bond donors (Lipinski definition) is 3. The van der Waals surface area contributed by atoms with E-state index in [1.165, 1.54) is 12.1 Å². The molecule has 2 rings (SSSR count). The van der Waals surface area contributed by atoms with E-state index in [1.54, 1.807) is 0 Å².